The molecule has 3 heteroatoms. The van der Waals surface area contributed by atoms with Gasteiger partial charge in [-0.1, -0.05) is 133 Å². The van der Waals surface area contributed by atoms with Crippen molar-refractivity contribution in [1.82, 2.24) is 4.57 Å². The quantitative estimate of drug-likeness (QED) is 0.181. The molecule has 7 aromatic carbocycles. The Labute approximate surface area is 300 Å². The van der Waals surface area contributed by atoms with Crippen molar-refractivity contribution in [1.29, 1.82) is 0 Å². The number of para-hydroxylation sites is 3. The molecule has 240 valence electrons. The van der Waals surface area contributed by atoms with Gasteiger partial charge in [0.15, 0.2) is 0 Å². The van der Waals surface area contributed by atoms with Crippen LogP contribution in [0.15, 0.2) is 182 Å². The molecule has 51 heavy (non-hydrogen) atoms. The van der Waals surface area contributed by atoms with Crippen LogP contribution in [0.25, 0.3) is 64.4 Å². The molecule has 0 amide bonds. The number of anilines is 2. The van der Waals surface area contributed by atoms with Crippen LogP contribution in [-0.2, 0) is 0 Å². The molecule has 2 unspecified atom stereocenters. The van der Waals surface area contributed by atoms with E-state index in [9.17, 15) is 0 Å². The second-order valence-corrected chi connectivity index (χ2v) is 14.7. The summed E-state index contributed by atoms with van der Waals surface area (Å²) in [6.45, 7) is 0. The molecule has 1 aliphatic heterocycles. The molecule has 0 saturated heterocycles. The molecule has 11 rings (SSSR count). The van der Waals surface area contributed by atoms with E-state index in [1.54, 1.807) is 0 Å². The Hall–Kier alpha value is -6.16. The maximum Gasteiger partial charge on any atom is 0.0630 e. The van der Waals surface area contributed by atoms with Crippen molar-refractivity contribution in [3.8, 4) is 16.8 Å². The van der Waals surface area contributed by atoms with E-state index in [0.29, 0.717) is 5.92 Å². The third kappa shape index (κ3) is 4.35. The van der Waals surface area contributed by atoms with Gasteiger partial charge in [0.1, 0.15) is 0 Å². The summed E-state index contributed by atoms with van der Waals surface area (Å²) in [7, 11) is 0. The van der Waals surface area contributed by atoms with Gasteiger partial charge in [-0.25, -0.2) is 0 Å². The molecular weight excluding hydrogens is 637 g/mol. The van der Waals surface area contributed by atoms with Crippen LogP contribution in [-0.4, -0.2) is 10.6 Å². The predicted molar refractivity (Wildman–Crippen MR) is 218 cm³/mol. The number of fused-ring (bicyclic) bond motifs is 10. The Morgan fingerprint density at radius 2 is 1.25 bits per heavy atom. The summed E-state index contributed by atoms with van der Waals surface area (Å²) in [5, 5.41) is 5.31. The van der Waals surface area contributed by atoms with Crippen LogP contribution in [0, 0.1) is 0 Å². The normalized spacial score (nSPS) is 16.6. The monoisotopic (exact) mass is 668 g/mol. The first-order chi connectivity index (χ1) is 25.3. The smallest absolute Gasteiger partial charge is 0.0630 e. The summed E-state index contributed by atoms with van der Waals surface area (Å²) < 4.78 is 5.14. The Bertz CT molecular complexity index is 2870. The van der Waals surface area contributed by atoms with Crippen LogP contribution < -0.4 is 4.90 Å². The Morgan fingerprint density at radius 1 is 0.510 bits per heavy atom. The molecule has 1 aliphatic carbocycles. The van der Waals surface area contributed by atoms with Crippen LogP contribution in [0.1, 0.15) is 17.0 Å². The molecule has 0 spiro atoms. The molecule has 2 aliphatic rings. The average Bonchev–Trinajstić information content (AvgIpc) is 3.86. The first-order valence-corrected chi connectivity index (χ1v) is 18.5. The lowest BCUT2D eigenvalue weighted by Gasteiger charge is -2.29. The van der Waals surface area contributed by atoms with E-state index in [4.69, 9.17) is 0 Å². The highest BCUT2D eigenvalue weighted by molar-refractivity contribution is 7.26. The fourth-order valence-corrected chi connectivity index (χ4v) is 9.88. The van der Waals surface area contributed by atoms with Gasteiger partial charge in [-0.15, -0.1) is 11.3 Å². The molecule has 2 aromatic heterocycles. The highest BCUT2D eigenvalue weighted by Crippen LogP contribution is 2.49. The Kier molecular flexibility index (Phi) is 6.28. The highest BCUT2D eigenvalue weighted by atomic mass is 32.1. The van der Waals surface area contributed by atoms with Crippen LogP contribution in [0.4, 0.5) is 11.4 Å². The number of hydrogen-bond donors (Lipinski definition) is 0. The van der Waals surface area contributed by atoms with Gasteiger partial charge in [0, 0.05) is 53.9 Å². The van der Waals surface area contributed by atoms with Crippen molar-refractivity contribution in [2.45, 2.75) is 12.0 Å². The molecule has 2 nitrogen and oxygen atoms in total. The van der Waals surface area contributed by atoms with Crippen molar-refractivity contribution in [3.05, 3.63) is 193 Å². The third-order valence-corrected chi connectivity index (χ3v) is 12.1. The van der Waals surface area contributed by atoms with Gasteiger partial charge in [-0.05, 0) is 76.4 Å². The maximum atomic E-state index is 2.49. The molecular formula is C48H32N2S. The van der Waals surface area contributed by atoms with Crippen molar-refractivity contribution in [2.75, 3.05) is 4.90 Å². The zero-order valence-corrected chi connectivity index (χ0v) is 28.6. The van der Waals surface area contributed by atoms with Crippen LogP contribution in [0.5, 0.6) is 0 Å². The number of thiophene rings is 1. The van der Waals surface area contributed by atoms with Gasteiger partial charge in [0.25, 0.3) is 0 Å². The summed E-state index contributed by atoms with van der Waals surface area (Å²) in [4.78, 5) is 2.49. The Balaban J connectivity index is 0.960. The summed E-state index contributed by atoms with van der Waals surface area (Å²) >= 11 is 1.90. The van der Waals surface area contributed by atoms with E-state index in [0.717, 1.165) is 0 Å². The minimum atomic E-state index is 0.270. The van der Waals surface area contributed by atoms with Crippen molar-refractivity contribution >= 4 is 70.3 Å². The molecule has 2 atom stereocenters. The number of nitrogens with zero attached hydrogens (tertiary/aromatic N) is 2. The summed E-state index contributed by atoms with van der Waals surface area (Å²) in [5.41, 5.74) is 12.5. The van der Waals surface area contributed by atoms with Gasteiger partial charge in [0.05, 0.1) is 17.1 Å². The fourth-order valence-electron chi connectivity index (χ4n) is 8.62. The zero-order chi connectivity index (χ0) is 33.5. The fraction of sp³-hybridized carbons (Fsp3) is 0.0417. The van der Waals surface area contributed by atoms with Gasteiger partial charge in [-0.3, -0.25) is 0 Å². The molecule has 0 saturated carbocycles. The van der Waals surface area contributed by atoms with Crippen LogP contribution in [0.3, 0.4) is 0 Å². The molecule has 0 N–H and O–H groups in total. The predicted octanol–water partition coefficient (Wildman–Crippen LogP) is 13.1. The summed E-state index contributed by atoms with van der Waals surface area (Å²) in [6.07, 6.45) is 7.18. The topological polar surface area (TPSA) is 8.17 Å². The van der Waals surface area contributed by atoms with Gasteiger partial charge >= 0.3 is 0 Å². The van der Waals surface area contributed by atoms with Gasteiger partial charge < -0.3 is 9.47 Å². The number of allylic oxidation sites excluding steroid dienone is 2. The van der Waals surface area contributed by atoms with E-state index < -0.39 is 0 Å². The van der Waals surface area contributed by atoms with Crippen molar-refractivity contribution in [2.24, 2.45) is 0 Å². The first kappa shape index (κ1) is 28.7. The van der Waals surface area contributed by atoms with Gasteiger partial charge in [0.2, 0.25) is 0 Å². The molecule has 0 fully saturated rings. The van der Waals surface area contributed by atoms with E-state index in [-0.39, 0.29) is 6.04 Å². The van der Waals surface area contributed by atoms with E-state index in [1.807, 2.05) is 11.3 Å². The molecule has 0 bridgehead atoms. The van der Waals surface area contributed by atoms with Gasteiger partial charge in [-0.2, -0.15) is 0 Å². The Morgan fingerprint density at radius 3 is 2.16 bits per heavy atom. The zero-order valence-electron chi connectivity index (χ0n) is 27.8. The lowest BCUT2D eigenvalue weighted by Crippen LogP contribution is -2.28. The van der Waals surface area contributed by atoms with Crippen LogP contribution in [0.2, 0.25) is 0 Å². The minimum absolute atomic E-state index is 0.270. The summed E-state index contributed by atoms with van der Waals surface area (Å²) in [6, 6.07) is 60.3. The SMILES string of the molecule is C1=CC2C(C=C1c1ccc(-c3cccc(-n4c5ccccc5c5c6sc7ccccc7c6ccc54)c3)cc1)c1ccccc1N2c1ccccc1. The second-order valence-electron chi connectivity index (χ2n) is 13.7. The average molecular weight is 669 g/mol. The lowest BCUT2D eigenvalue weighted by molar-refractivity contribution is 0.747. The highest BCUT2D eigenvalue weighted by Gasteiger charge is 2.38. The van der Waals surface area contributed by atoms with Crippen molar-refractivity contribution < 1.29 is 0 Å². The van der Waals surface area contributed by atoms with Crippen molar-refractivity contribution in [3.63, 3.8) is 0 Å². The number of aromatic nitrogens is 1. The minimum Gasteiger partial charge on any atom is -0.333 e. The largest absolute Gasteiger partial charge is 0.333 e. The molecule has 0 radical (unpaired) electrons. The second kappa shape index (κ2) is 11.2. The standard InChI is InChI=1S/C48H32N2S/c1-2-12-35(13-3-1)49-42-18-7-4-15-37(42)41-30-34(25-27-44(41)49)32-23-21-31(22-24-32)33-11-10-14-36(29-33)50-43-19-8-5-17-40(43)47-45(50)28-26-39-38-16-6-9-20-46(38)51-48(39)47/h1-30,41,44H. The van der Waals surface area contributed by atoms with E-state index in [1.165, 1.54) is 86.9 Å². The third-order valence-electron chi connectivity index (χ3n) is 10.9. The molecule has 9 aromatic rings. The number of hydrogen-bond acceptors (Lipinski definition) is 2. The van der Waals surface area contributed by atoms with E-state index in [2.05, 4.69) is 191 Å². The molecule has 3 heterocycles. The number of benzene rings is 7. The number of rotatable bonds is 4. The van der Waals surface area contributed by atoms with Crippen LogP contribution >= 0.6 is 11.3 Å². The summed E-state index contributed by atoms with van der Waals surface area (Å²) in [5.74, 6) is 0.303. The maximum absolute atomic E-state index is 2.49. The van der Waals surface area contributed by atoms with E-state index >= 15 is 0 Å². The first-order valence-electron chi connectivity index (χ1n) is 17.7. The lowest BCUT2D eigenvalue weighted by atomic mass is 9.86.